The minimum Gasteiger partial charge on any atom is -0.271 e. The lowest BCUT2D eigenvalue weighted by Gasteiger charge is -2.13. The Kier molecular flexibility index (Phi) is 5.64. The Labute approximate surface area is 64.2 Å². The van der Waals surface area contributed by atoms with E-state index in [1.165, 1.54) is 12.8 Å². The molecule has 2 nitrogen and oxygen atoms in total. The minimum absolute atomic E-state index is 0.516. The van der Waals surface area contributed by atoms with Gasteiger partial charge in [0.05, 0.1) is 0 Å². The smallest absolute Gasteiger partial charge is 0.0208 e. The lowest BCUT2D eigenvalue weighted by atomic mass is 10.0. The maximum absolute atomic E-state index is 5.32. The first-order valence-corrected chi connectivity index (χ1v) is 4.16. The number of hydrogen-bond acceptors (Lipinski definition) is 2. The minimum atomic E-state index is 0.516. The zero-order valence-electron chi connectivity index (χ0n) is 7.35. The lowest BCUT2D eigenvalue weighted by molar-refractivity contribution is 0.427. The van der Waals surface area contributed by atoms with Crippen molar-refractivity contribution in [3.8, 4) is 0 Å². The first-order chi connectivity index (χ1) is 4.70. The van der Waals surface area contributed by atoms with Gasteiger partial charge in [0.2, 0.25) is 0 Å². The highest BCUT2D eigenvalue weighted by Gasteiger charge is 2.03. The summed E-state index contributed by atoms with van der Waals surface area (Å²) in [5.41, 5.74) is 2.81. The van der Waals surface area contributed by atoms with Crippen LogP contribution in [-0.2, 0) is 0 Å². The van der Waals surface area contributed by atoms with E-state index in [-0.39, 0.29) is 0 Å². The zero-order chi connectivity index (χ0) is 7.98. The van der Waals surface area contributed by atoms with Crippen molar-refractivity contribution in [2.24, 2.45) is 11.8 Å². The number of hydrazine groups is 1. The van der Waals surface area contributed by atoms with Gasteiger partial charge in [-0.05, 0) is 25.2 Å². The summed E-state index contributed by atoms with van der Waals surface area (Å²) in [5.74, 6) is 6.11. The van der Waals surface area contributed by atoms with Gasteiger partial charge >= 0.3 is 0 Å². The Hall–Kier alpha value is -0.0800. The van der Waals surface area contributed by atoms with Crippen molar-refractivity contribution in [2.45, 2.75) is 46.1 Å². The Balaban J connectivity index is 3.26. The fourth-order valence-corrected chi connectivity index (χ4v) is 0.940. The van der Waals surface area contributed by atoms with E-state index in [0.29, 0.717) is 6.04 Å². The van der Waals surface area contributed by atoms with Crippen LogP contribution >= 0.6 is 0 Å². The van der Waals surface area contributed by atoms with Crippen molar-refractivity contribution in [2.75, 3.05) is 0 Å². The Morgan fingerprint density at radius 2 is 1.90 bits per heavy atom. The lowest BCUT2D eigenvalue weighted by Crippen LogP contribution is -2.34. The zero-order valence-corrected chi connectivity index (χ0v) is 7.35. The molecule has 0 aromatic heterocycles. The highest BCUT2D eigenvalue weighted by atomic mass is 15.2. The summed E-state index contributed by atoms with van der Waals surface area (Å²) < 4.78 is 0. The fraction of sp³-hybridized carbons (Fsp3) is 1.00. The fourth-order valence-electron chi connectivity index (χ4n) is 0.940. The summed E-state index contributed by atoms with van der Waals surface area (Å²) in [7, 11) is 0. The van der Waals surface area contributed by atoms with Gasteiger partial charge in [0.15, 0.2) is 0 Å². The van der Waals surface area contributed by atoms with Gasteiger partial charge in [-0.2, -0.15) is 0 Å². The molecule has 2 heteroatoms. The summed E-state index contributed by atoms with van der Waals surface area (Å²) in [4.78, 5) is 0. The van der Waals surface area contributed by atoms with Gasteiger partial charge in [0, 0.05) is 6.04 Å². The first-order valence-electron chi connectivity index (χ1n) is 4.16. The van der Waals surface area contributed by atoms with Gasteiger partial charge < -0.3 is 0 Å². The third-order valence-electron chi connectivity index (χ3n) is 1.82. The van der Waals surface area contributed by atoms with Crippen LogP contribution in [0.25, 0.3) is 0 Å². The monoisotopic (exact) mass is 144 g/mol. The van der Waals surface area contributed by atoms with E-state index in [4.69, 9.17) is 5.84 Å². The van der Waals surface area contributed by atoms with Crippen molar-refractivity contribution in [3.05, 3.63) is 0 Å². The number of nitrogens with one attached hydrogen (secondary N) is 1. The van der Waals surface area contributed by atoms with E-state index in [0.717, 1.165) is 12.3 Å². The van der Waals surface area contributed by atoms with Crippen LogP contribution in [0.3, 0.4) is 0 Å². The maximum atomic E-state index is 5.32. The average molecular weight is 144 g/mol. The molecule has 3 N–H and O–H groups in total. The number of nitrogens with two attached hydrogens (primary N) is 1. The maximum Gasteiger partial charge on any atom is 0.0208 e. The van der Waals surface area contributed by atoms with Crippen LogP contribution in [-0.4, -0.2) is 6.04 Å². The second-order valence-corrected chi connectivity index (χ2v) is 3.24. The first kappa shape index (κ1) is 9.92. The van der Waals surface area contributed by atoms with Crippen LogP contribution in [0.2, 0.25) is 0 Å². The molecular formula is C8H20N2. The molecule has 0 aromatic carbocycles. The van der Waals surface area contributed by atoms with Gasteiger partial charge in [-0.3, -0.25) is 11.3 Å². The quantitative estimate of drug-likeness (QED) is 0.455. The van der Waals surface area contributed by atoms with Crippen molar-refractivity contribution in [3.63, 3.8) is 0 Å². The van der Waals surface area contributed by atoms with Crippen molar-refractivity contribution in [1.82, 2.24) is 5.43 Å². The van der Waals surface area contributed by atoms with E-state index in [9.17, 15) is 0 Å². The van der Waals surface area contributed by atoms with Crippen LogP contribution in [0.4, 0.5) is 0 Å². The largest absolute Gasteiger partial charge is 0.271 e. The third kappa shape index (κ3) is 4.77. The second kappa shape index (κ2) is 5.69. The molecule has 0 bridgehead atoms. The van der Waals surface area contributed by atoms with E-state index in [1.54, 1.807) is 0 Å². The van der Waals surface area contributed by atoms with Gasteiger partial charge in [0.1, 0.15) is 0 Å². The Morgan fingerprint density at radius 3 is 2.20 bits per heavy atom. The molecule has 0 spiro atoms. The van der Waals surface area contributed by atoms with Crippen molar-refractivity contribution < 1.29 is 0 Å². The molecule has 0 heterocycles. The summed E-state index contributed by atoms with van der Waals surface area (Å²) in [6, 6.07) is 0.516. The Morgan fingerprint density at radius 1 is 1.30 bits per heavy atom. The van der Waals surface area contributed by atoms with Crippen molar-refractivity contribution in [1.29, 1.82) is 0 Å². The SMILES string of the molecule is CCC(CCC(C)C)NN. The standard InChI is InChI=1S/C8H20N2/c1-4-8(10-9)6-5-7(2)3/h7-8,10H,4-6,9H2,1-3H3. The summed E-state index contributed by atoms with van der Waals surface area (Å²) in [5, 5.41) is 0. The molecule has 0 amide bonds. The highest BCUT2D eigenvalue weighted by Crippen LogP contribution is 2.07. The molecule has 0 saturated heterocycles. The molecule has 0 aliphatic carbocycles. The van der Waals surface area contributed by atoms with E-state index in [2.05, 4.69) is 26.2 Å². The third-order valence-corrected chi connectivity index (χ3v) is 1.82. The predicted octanol–water partition coefficient (Wildman–Crippen LogP) is 1.66. The van der Waals surface area contributed by atoms with E-state index < -0.39 is 0 Å². The molecule has 0 aromatic rings. The van der Waals surface area contributed by atoms with Gasteiger partial charge in [-0.15, -0.1) is 0 Å². The van der Waals surface area contributed by atoms with E-state index in [1.807, 2.05) is 0 Å². The molecule has 0 fully saturated rings. The number of hydrogen-bond donors (Lipinski definition) is 2. The molecule has 0 saturated carbocycles. The molecule has 1 unspecified atom stereocenters. The molecule has 0 aliphatic heterocycles. The summed E-state index contributed by atoms with van der Waals surface area (Å²) in [6.45, 7) is 6.64. The van der Waals surface area contributed by atoms with Crippen LogP contribution in [0.5, 0.6) is 0 Å². The van der Waals surface area contributed by atoms with Crippen molar-refractivity contribution >= 4 is 0 Å². The second-order valence-electron chi connectivity index (χ2n) is 3.24. The summed E-state index contributed by atoms with van der Waals surface area (Å²) >= 11 is 0. The molecule has 62 valence electrons. The molecule has 0 radical (unpaired) electrons. The highest BCUT2D eigenvalue weighted by molar-refractivity contribution is 4.61. The molecule has 0 rings (SSSR count). The van der Waals surface area contributed by atoms with Crippen LogP contribution in [0, 0.1) is 5.92 Å². The average Bonchev–Trinajstić information content (AvgIpc) is 1.90. The van der Waals surface area contributed by atoms with Gasteiger partial charge in [-0.1, -0.05) is 20.8 Å². The molecule has 10 heavy (non-hydrogen) atoms. The predicted molar refractivity (Wildman–Crippen MR) is 45.5 cm³/mol. The van der Waals surface area contributed by atoms with Gasteiger partial charge in [0.25, 0.3) is 0 Å². The van der Waals surface area contributed by atoms with Crippen LogP contribution in [0.15, 0.2) is 0 Å². The van der Waals surface area contributed by atoms with Crippen LogP contribution < -0.4 is 11.3 Å². The van der Waals surface area contributed by atoms with E-state index >= 15 is 0 Å². The Bertz CT molecular complexity index is 67.7. The molecule has 0 aliphatic rings. The normalized spacial score (nSPS) is 14.1. The molecule has 1 atom stereocenters. The van der Waals surface area contributed by atoms with Gasteiger partial charge in [-0.25, -0.2) is 0 Å². The summed E-state index contributed by atoms with van der Waals surface area (Å²) in [6.07, 6.45) is 3.59. The molecular weight excluding hydrogens is 124 g/mol. The topological polar surface area (TPSA) is 38.0 Å². The number of rotatable bonds is 5. The van der Waals surface area contributed by atoms with Crippen LogP contribution in [0.1, 0.15) is 40.0 Å².